The smallest absolute Gasteiger partial charge is 0.325 e. The maximum atomic E-state index is 13.0. The van der Waals surface area contributed by atoms with Crippen molar-refractivity contribution < 1.29 is 19.4 Å². The summed E-state index contributed by atoms with van der Waals surface area (Å²) in [6.45, 7) is 2.21. The lowest BCUT2D eigenvalue weighted by Crippen LogP contribution is -2.28. The second kappa shape index (κ2) is 4.75. The molecule has 4 nitrogen and oxygen atoms in total. The van der Waals surface area contributed by atoms with Gasteiger partial charge in [0.1, 0.15) is 6.04 Å². The standard InChI is InChI=1S/C10H12FNO3/c1-2-12-9(10(14)15)6-3-4-8(13)7(11)5-6/h3-5,9,12-13H,2H2,1H3,(H,14,15). The molecular weight excluding hydrogens is 201 g/mol. The van der Waals surface area contributed by atoms with Gasteiger partial charge in [0, 0.05) is 0 Å². The Morgan fingerprint density at radius 2 is 2.27 bits per heavy atom. The minimum atomic E-state index is -1.08. The van der Waals surface area contributed by atoms with E-state index in [1.807, 2.05) is 0 Å². The Bertz CT molecular complexity index is 368. The quantitative estimate of drug-likeness (QED) is 0.704. The fourth-order valence-corrected chi connectivity index (χ4v) is 1.25. The number of likely N-dealkylation sites (N-methyl/N-ethyl adjacent to an activating group) is 1. The summed E-state index contributed by atoms with van der Waals surface area (Å²) in [7, 11) is 0. The van der Waals surface area contributed by atoms with Gasteiger partial charge in [0.15, 0.2) is 11.6 Å². The van der Waals surface area contributed by atoms with Crippen LogP contribution < -0.4 is 5.32 Å². The number of benzene rings is 1. The fraction of sp³-hybridized carbons (Fsp3) is 0.300. The van der Waals surface area contributed by atoms with Crippen LogP contribution in [0.1, 0.15) is 18.5 Å². The monoisotopic (exact) mass is 213 g/mol. The molecule has 1 rings (SSSR count). The van der Waals surface area contributed by atoms with E-state index in [0.29, 0.717) is 6.54 Å². The van der Waals surface area contributed by atoms with Gasteiger partial charge >= 0.3 is 5.97 Å². The molecule has 0 saturated heterocycles. The first kappa shape index (κ1) is 11.5. The van der Waals surface area contributed by atoms with E-state index in [4.69, 9.17) is 10.2 Å². The summed E-state index contributed by atoms with van der Waals surface area (Å²) in [5.41, 5.74) is 0.277. The molecule has 1 aromatic rings. The fourth-order valence-electron chi connectivity index (χ4n) is 1.25. The van der Waals surface area contributed by atoms with Gasteiger partial charge in [-0.3, -0.25) is 4.79 Å². The Kier molecular flexibility index (Phi) is 3.62. The zero-order chi connectivity index (χ0) is 11.4. The number of carboxylic acid groups (broad SMARTS) is 1. The Morgan fingerprint density at radius 3 is 2.73 bits per heavy atom. The first-order chi connectivity index (χ1) is 7.06. The molecule has 1 atom stereocenters. The molecule has 15 heavy (non-hydrogen) atoms. The number of hydrogen-bond acceptors (Lipinski definition) is 3. The summed E-state index contributed by atoms with van der Waals surface area (Å²) >= 11 is 0. The molecule has 3 N–H and O–H groups in total. The number of phenols is 1. The van der Waals surface area contributed by atoms with Gasteiger partial charge in [-0.1, -0.05) is 13.0 Å². The molecule has 0 spiro atoms. The summed E-state index contributed by atoms with van der Waals surface area (Å²) in [5, 5.41) is 20.5. The zero-order valence-corrected chi connectivity index (χ0v) is 8.20. The van der Waals surface area contributed by atoms with Crippen LogP contribution in [0.4, 0.5) is 4.39 Å². The van der Waals surface area contributed by atoms with E-state index in [2.05, 4.69) is 5.32 Å². The minimum Gasteiger partial charge on any atom is -0.505 e. The number of aliphatic carboxylic acids is 1. The van der Waals surface area contributed by atoms with Gasteiger partial charge in [-0.2, -0.15) is 0 Å². The Morgan fingerprint density at radius 1 is 1.60 bits per heavy atom. The van der Waals surface area contributed by atoms with Crippen molar-refractivity contribution >= 4 is 5.97 Å². The average Bonchev–Trinajstić information content (AvgIpc) is 2.18. The molecule has 0 aromatic heterocycles. The molecule has 0 amide bonds. The molecule has 0 aliphatic heterocycles. The van der Waals surface area contributed by atoms with Crippen molar-refractivity contribution in [3.05, 3.63) is 29.6 Å². The Hall–Kier alpha value is -1.62. The zero-order valence-electron chi connectivity index (χ0n) is 8.20. The van der Waals surface area contributed by atoms with Gasteiger partial charge < -0.3 is 15.5 Å². The van der Waals surface area contributed by atoms with Crippen LogP contribution in [-0.2, 0) is 4.79 Å². The van der Waals surface area contributed by atoms with Crippen LogP contribution >= 0.6 is 0 Å². The van der Waals surface area contributed by atoms with Crippen molar-refractivity contribution in [2.75, 3.05) is 6.54 Å². The first-order valence-electron chi connectivity index (χ1n) is 4.51. The average molecular weight is 213 g/mol. The normalized spacial score (nSPS) is 12.4. The number of rotatable bonds is 4. The van der Waals surface area contributed by atoms with E-state index in [1.165, 1.54) is 6.07 Å². The van der Waals surface area contributed by atoms with Crippen LogP contribution in [0.3, 0.4) is 0 Å². The van der Waals surface area contributed by atoms with Crippen LogP contribution in [0, 0.1) is 5.82 Å². The molecule has 0 radical (unpaired) electrons. The molecule has 0 fully saturated rings. The maximum absolute atomic E-state index is 13.0. The van der Waals surface area contributed by atoms with E-state index in [-0.39, 0.29) is 5.56 Å². The largest absolute Gasteiger partial charge is 0.505 e. The minimum absolute atomic E-state index is 0.277. The van der Waals surface area contributed by atoms with E-state index in [9.17, 15) is 9.18 Å². The molecule has 82 valence electrons. The molecule has 0 saturated carbocycles. The third kappa shape index (κ3) is 2.66. The number of aromatic hydroxyl groups is 1. The van der Waals surface area contributed by atoms with E-state index < -0.39 is 23.6 Å². The number of carboxylic acids is 1. The summed E-state index contributed by atoms with van der Waals surface area (Å²) in [5.74, 6) is -2.39. The number of phenolic OH excluding ortho intramolecular Hbond substituents is 1. The van der Waals surface area contributed by atoms with Gasteiger partial charge in [-0.25, -0.2) is 4.39 Å². The molecule has 0 aliphatic rings. The van der Waals surface area contributed by atoms with Gasteiger partial charge in [-0.05, 0) is 24.2 Å². The highest BCUT2D eigenvalue weighted by atomic mass is 19.1. The molecule has 1 aromatic carbocycles. The van der Waals surface area contributed by atoms with E-state index >= 15 is 0 Å². The molecule has 0 heterocycles. The van der Waals surface area contributed by atoms with Gasteiger partial charge in [-0.15, -0.1) is 0 Å². The molecular formula is C10H12FNO3. The Balaban J connectivity index is 3.01. The maximum Gasteiger partial charge on any atom is 0.325 e. The van der Waals surface area contributed by atoms with Crippen LogP contribution in [0.25, 0.3) is 0 Å². The van der Waals surface area contributed by atoms with Crippen molar-refractivity contribution in [1.29, 1.82) is 0 Å². The molecule has 5 heteroatoms. The van der Waals surface area contributed by atoms with Crippen LogP contribution in [0.15, 0.2) is 18.2 Å². The van der Waals surface area contributed by atoms with Crippen molar-refractivity contribution in [1.82, 2.24) is 5.32 Å². The molecule has 0 aliphatic carbocycles. The highest BCUT2D eigenvalue weighted by molar-refractivity contribution is 5.75. The van der Waals surface area contributed by atoms with Crippen LogP contribution in [0.2, 0.25) is 0 Å². The number of nitrogens with one attached hydrogen (secondary N) is 1. The topological polar surface area (TPSA) is 69.6 Å². The predicted octanol–water partition coefficient (Wildman–Crippen LogP) is 1.27. The number of carbonyl (C=O) groups is 1. The van der Waals surface area contributed by atoms with Crippen molar-refractivity contribution in [2.45, 2.75) is 13.0 Å². The van der Waals surface area contributed by atoms with Crippen molar-refractivity contribution in [3.8, 4) is 5.75 Å². The highest BCUT2D eigenvalue weighted by Crippen LogP contribution is 2.20. The SMILES string of the molecule is CCNC(C(=O)O)c1ccc(O)c(F)c1. The third-order valence-corrected chi connectivity index (χ3v) is 1.96. The lowest BCUT2D eigenvalue weighted by Gasteiger charge is -2.13. The third-order valence-electron chi connectivity index (χ3n) is 1.96. The summed E-state index contributed by atoms with van der Waals surface area (Å²) in [6, 6.07) is 2.57. The van der Waals surface area contributed by atoms with E-state index in [1.54, 1.807) is 6.92 Å². The van der Waals surface area contributed by atoms with Gasteiger partial charge in [0.2, 0.25) is 0 Å². The lowest BCUT2D eigenvalue weighted by atomic mass is 10.1. The predicted molar refractivity (Wildman–Crippen MR) is 52.1 cm³/mol. The molecule has 0 bridgehead atoms. The summed E-state index contributed by atoms with van der Waals surface area (Å²) < 4.78 is 13.0. The van der Waals surface area contributed by atoms with E-state index in [0.717, 1.165) is 12.1 Å². The second-order valence-corrected chi connectivity index (χ2v) is 3.04. The first-order valence-corrected chi connectivity index (χ1v) is 4.51. The van der Waals surface area contributed by atoms with Gasteiger partial charge in [0.05, 0.1) is 0 Å². The van der Waals surface area contributed by atoms with Crippen molar-refractivity contribution in [3.63, 3.8) is 0 Å². The number of hydrogen-bond donors (Lipinski definition) is 3. The summed E-state index contributed by atoms with van der Waals surface area (Å²) in [6.07, 6.45) is 0. The second-order valence-electron chi connectivity index (χ2n) is 3.04. The van der Waals surface area contributed by atoms with Crippen LogP contribution in [0.5, 0.6) is 5.75 Å². The summed E-state index contributed by atoms with van der Waals surface area (Å²) in [4.78, 5) is 10.8. The highest BCUT2D eigenvalue weighted by Gasteiger charge is 2.19. The molecule has 1 unspecified atom stereocenters. The van der Waals surface area contributed by atoms with Gasteiger partial charge in [0.25, 0.3) is 0 Å². The number of halogens is 1. The van der Waals surface area contributed by atoms with Crippen molar-refractivity contribution in [2.24, 2.45) is 0 Å². The lowest BCUT2D eigenvalue weighted by molar-refractivity contribution is -0.139. The van der Waals surface area contributed by atoms with Crippen LogP contribution in [-0.4, -0.2) is 22.7 Å². The Labute approximate surface area is 86.4 Å².